The lowest BCUT2D eigenvalue weighted by atomic mass is 10.0. The van der Waals surface area contributed by atoms with Crippen LogP contribution in [-0.2, 0) is 16.2 Å². The highest BCUT2D eigenvalue weighted by molar-refractivity contribution is 14.1. The Morgan fingerprint density at radius 3 is 2.40 bits per heavy atom. The maximum Gasteiger partial charge on any atom is 0.335 e. The zero-order valence-corrected chi connectivity index (χ0v) is 21.6. The van der Waals surface area contributed by atoms with Crippen LogP contribution in [0.15, 0.2) is 66.2 Å². The van der Waals surface area contributed by atoms with Gasteiger partial charge in [-0.15, -0.1) is 0 Å². The van der Waals surface area contributed by atoms with E-state index in [4.69, 9.17) is 9.47 Å². The molecule has 0 saturated carbocycles. The quantitative estimate of drug-likeness (QED) is 0.247. The van der Waals surface area contributed by atoms with Crippen LogP contribution in [0.4, 0.5) is 10.5 Å². The monoisotopic (exact) mass is 582 g/mol. The summed E-state index contributed by atoms with van der Waals surface area (Å²) in [6, 6.07) is 17.7. The fourth-order valence-corrected chi connectivity index (χ4v) is 4.40. The van der Waals surface area contributed by atoms with Crippen LogP contribution in [0.1, 0.15) is 22.3 Å². The van der Waals surface area contributed by atoms with Gasteiger partial charge in [0.1, 0.15) is 12.2 Å². The molecule has 3 aromatic rings. The van der Waals surface area contributed by atoms with Gasteiger partial charge in [-0.05, 0) is 89.0 Å². The molecule has 1 saturated heterocycles. The first kappa shape index (κ1) is 24.5. The molecule has 7 nitrogen and oxygen atoms in total. The third-order valence-corrected chi connectivity index (χ3v) is 6.44. The summed E-state index contributed by atoms with van der Waals surface area (Å²) in [5, 5.41) is 2.26. The molecule has 0 aliphatic carbocycles. The highest BCUT2D eigenvalue weighted by Gasteiger charge is 2.37. The minimum absolute atomic E-state index is 0.154. The first-order chi connectivity index (χ1) is 16.8. The van der Waals surface area contributed by atoms with Gasteiger partial charge in [0.15, 0.2) is 11.5 Å². The first-order valence-corrected chi connectivity index (χ1v) is 11.9. The van der Waals surface area contributed by atoms with Crippen LogP contribution < -0.4 is 19.7 Å². The molecule has 4 amide bonds. The van der Waals surface area contributed by atoms with E-state index in [1.54, 1.807) is 24.3 Å². The minimum Gasteiger partial charge on any atom is -0.493 e. The predicted octanol–water partition coefficient (Wildman–Crippen LogP) is 5.16. The molecule has 0 unspecified atom stereocenters. The number of rotatable bonds is 6. The number of benzene rings is 3. The van der Waals surface area contributed by atoms with Crippen LogP contribution in [0.25, 0.3) is 6.08 Å². The molecule has 1 heterocycles. The molecule has 178 valence electrons. The third-order valence-electron chi connectivity index (χ3n) is 5.64. The average molecular weight is 582 g/mol. The Morgan fingerprint density at radius 2 is 1.71 bits per heavy atom. The van der Waals surface area contributed by atoms with E-state index in [1.807, 2.05) is 50.2 Å². The molecule has 0 aromatic heterocycles. The Balaban J connectivity index is 1.65. The van der Waals surface area contributed by atoms with E-state index in [0.29, 0.717) is 29.4 Å². The van der Waals surface area contributed by atoms with Crippen LogP contribution in [-0.4, -0.2) is 25.0 Å². The number of hydrogen-bond acceptors (Lipinski definition) is 5. The van der Waals surface area contributed by atoms with E-state index in [-0.39, 0.29) is 5.57 Å². The topological polar surface area (TPSA) is 84.9 Å². The van der Waals surface area contributed by atoms with Gasteiger partial charge in [-0.1, -0.05) is 36.4 Å². The molecule has 1 N–H and O–H groups in total. The number of methoxy groups -OCH3 is 1. The number of halogens is 1. The van der Waals surface area contributed by atoms with Crippen LogP contribution in [0, 0.1) is 17.4 Å². The Kier molecular flexibility index (Phi) is 7.20. The first-order valence-electron chi connectivity index (χ1n) is 10.8. The molecule has 1 aliphatic heterocycles. The van der Waals surface area contributed by atoms with E-state index in [1.165, 1.54) is 13.2 Å². The Labute approximate surface area is 216 Å². The smallest absolute Gasteiger partial charge is 0.335 e. The fraction of sp³-hybridized carbons (Fsp3) is 0.148. The van der Waals surface area contributed by atoms with Crippen molar-refractivity contribution in [3.63, 3.8) is 0 Å². The summed E-state index contributed by atoms with van der Waals surface area (Å²) >= 11 is 2.12. The van der Waals surface area contributed by atoms with Crippen LogP contribution in [0.2, 0.25) is 0 Å². The molecule has 1 aliphatic rings. The van der Waals surface area contributed by atoms with Crippen molar-refractivity contribution in [3.05, 3.63) is 92.1 Å². The van der Waals surface area contributed by atoms with Gasteiger partial charge in [0, 0.05) is 0 Å². The number of carbonyl (C=O) groups is 3. The van der Waals surface area contributed by atoms with E-state index in [2.05, 4.69) is 27.9 Å². The van der Waals surface area contributed by atoms with Gasteiger partial charge in [-0.3, -0.25) is 14.9 Å². The zero-order valence-electron chi connectivity index (χ0n) is 19.4. The van der Waals surface area contributed by atoms with Crippen molar-refractivity contribution in [2.24, 2.45) is 0 Å². The molecular weight excluding hydrogens is 559 g/mol. The largest absolute Gasteiger partial charge is 0.493 e. The molecule has 4 rings (SSSR count). The average Bonchev–Trinajstić information content (AvgIpc) is 2.83. The third kappa shape index (κ3) is 5.22. The normalized spacial score (nSPS) is 14.8. The van der Waals surface area contributed by atoms with Crippen molar-refractivity contribution in [2.75, 3.05) is 12.0 Å². The van der Waals surface area contributed by atoms with Crippen LogP contribution in [0.5, 0.6) is 11.5 Å². The zero-order chi connectivity index (χ0) is 25.1. The number of aryl methyl sites for hydroxylation is 2. The summed E-state index contributed by atoms with van der Waals surface area (Å²) in [6.45, 7) is 4.19. The lowest BCUT2D eigenvalue weighted by Crippen LogP contribution is -2.54. The Bertz CT molecular complexity index is 1350. The van der Waals surface area contributed by atoms with Crippen LogP contribution >= 0.6 is 22.6 Å². The second kappa shape index (κ2) is 10.3. The maximum absolute atomic E-state index is 13.2. The van der Waals surface area contributed by atoms with Crippen molar-refractivity contribution < 1.29 is 23.9 Å². The second-order valence-electron chi connectivity index (χ2n) is 8.03. The standard InChI is InChI=1S/C27H23IN2O5/c1-16-9-10-20(11-17(16)2)30-26(32)21(25(31)29-27(30)33)12-19-13-22(28)24(23(14-19)34-3)35-15-18-7-5-4-6-8-18/h4-14H,15H2,1-3H3,(H,29,31,33)/b21-12+. The van der Waals surface area contributed by atoms with Gasteiger partial charge in [0.2, 0.25) is 0 Å². The summed E-state index contributed by atoms with van der Waals surface area (Å²) < 4.78 is 12.3. The van der Waals surface area contributed by atoms with Crippen molar-refractivity contribution in [2.45, 2.75) is 20.5 Å². The number of barbiturate groups is 1. The summed E-state index contributed by atoms with van der Waals surface area (Å²) in [5.74, 6) is -0.422. The SMILES string of the molecule is COc1cc(/C=C2\C(=O)NC(=O)N(c3ccc(C)c(C)c3)C2=O)cc(I)c1OCc1ccccc1. The van der Waals surface area contributed by atoms with Gasteiger partial charge in [0.05, 0.1) is 16.4 Å². The number of imide groups is 2. The van der Waals surface area contributed by atoms with E-state index in [0.717, 1.165) is 25.2 Å². The molecule has 3 aromatic carbocycles. The van der Waals surface area contributed by atoms with Crippen molar-refractivity contribution in [1.29, 1.82) is 0 Å². The number of urea groups is 1. The molecule has 0 bridgehead atoms. The highest BCUT2D eigenvalue weighted by Crippen LogP contribution is 2.35. The van der Waals surface area contributed by atoms with Gasteiger partial charge in [-0.2, -0.15) is 0 Å². The summed E-state index contributed by atoms with van der Waals surface area (Å²) in [4.78, 5) is 39.3. The van der Waals surface area contributed by atoms with Gasteiger partial charge < -0.3 is 9.47 Å². The van der Waals surface area contributed by atoms with Crippen molar-refractivity contribution in [1.82, 2.24) is 5.32 Å². The number of nitrogens with zero attached hydrogens (tertiary/aromatic N) is 1. The van der Waals surface area contributed by atoms with Gasteiger partial charge >= 0.3 is 6.03 Å². The molecular formula is C27H23IN2O5. The maximum atomic E-state index is 13.2. The Morgan fingerprint density at radius 1 is 0.971 bits per heavy atom. The summed E-state index contributed by atoms with van der Waals surface area (Å²) in [6.07, 6.45) is 1.45. The molecule has 0 atom stereocenters. The predicted molar refractivity (Wildman–Crippen MR) is 141 cm³/mol. The second-order valence-corrected chi connectivity index (χ2v) is 9.20. The highest BCUT2D eigenvalue weighted by atomic mass is 127. The van der Waals surface area contributed by atoms with Crippen LogP contribution in [0.3, 0.4) is 0 Å². The fourth-order valence-electron chi connectivity index (χ4n) is 3.62. The summed E-state index contributed by atoms with van der Waals surface area (Å²) in [5.41, 5.74) is 3.77. The minimum atomic E-state index is -0.780. The lowest BCUT2D eigenvalue weighted by molar-refractivity contribution is -0.122. The van der Waals surface area contributed by atoms with Crippen molar-refractivity contribution >= 4 is 52.2 Å². The number of hydrogen-bond donors (Lipinski definition) is 1. The number of ether oxygens (including phenoxy) is 2. The number of nitrogens with one attached hydrogen (secondary N) is 1. The number of anilines is 1. The van der Waals surface area contributed by atoms with E-state index < -0.39 is 17.8 Å². The molecule has 1 fully saturated rings. The number of amides is 4. The van der Waals surface area contributed by atoms with Gasteiger partial charge in [-0.25, -0.2) is 9.69 Å². The molecule has 35 heavy (non-hydrogen) atoms. The molecule has 0 radical (unpaired) electrons. The number of carbonyl (C=O) groups excluding carboxylic acids is 3. The van der Waals surface area contributed by atoms with Crippen molar-refractivity contribution in [3.8, 4) is 11.5 Å². The molecule has 8 heteroatoms. The lowest BCUT2D eigenvalue weighted by Gasteiger charge is -2.27. The Hall–Kier alpha value is -3.66. The van der Waals surface area contributed by atoms with E-state index >= 15 is 0 Å². The summed E-state index contributed by atoms with van der Waals surface area (Å²) in [7, 11) is 1.52. The molecule has 0 spiro atoms. The van der Waals surface area contributed by atoms with E-state index in [9.17, 15) is 14.4 Å². The van der Waals surface area contributed by atoms with Gasteiger partial charge in [0.25, 0.3) is 11.8 Å².